The number of anilines is 1. The molecule has 6 nitrogen and oxygen atoms in total. The molecule has 0 radical (unpaired) electrons. The average molecular weight is 308 g/mol. The topological polar surface area (TPSA) is 83.7 Å². The van der Waals surface area contributed by atoms with E-state index in [1.807, 2.05) is 0 Å². The Morgan fingerprint density at radius 3 is 2.30 bits per heavy atom. The molecular weight excluding hydrogens is 296 g/mol. The number of phenols is 1. The van der Waals surface area contributed by atoms with Gasteiger partial charge in [-0.15, -0.1) is 0 Å². The second-order valence-corrected chi connectivity index (χ2v) is 4.87. The van der Waals surface area contributed by atoms with Crippen molar-refractivity contribution in [2.75, 3.05) is 5.01 Å². The second kappa shape index (κ2) is 5.76. The molecule has 0 unspecified atom stereocenters. The van der Waals surface area contributed by atoms with E-state index in [4.69, 9.17) is 0 Å². The molecule has 3 aromatic rings. The van der Waals surface area contributed by atoms with Gasteiger partial charge in [-0.05, 0) is 34.0 Å². The van der Waals surface area contributed by atoms with Gasteiger partial charge in [0.05, 0.1) is 5.56 Å². The van der Waals surface area contributed by atoms with Crippen molar-refractivity contribution in [1.82, 2.24) is 0 Å². The predicted molar refractivity (Wildman–Crippen MR) is 85.9 cm³/mol. The molecular formula is C17H12N2O4. The summed E-state index contributed by atoms with van der Waals surface area (Å²) in [6.45, 7) is 0. The highest BCUT2D eigenvalue weighted by atomic mass is 16.7. The minimum absolute atomic E-state index is 0.0938. The molecule has 23 heavy (non-hydrogen) atoms. The molecule has 1 amide bonds. The third-order valence-electron chi connectivity index (χ3n) is 3.48. The first-order valence-corrected chi connectivity index (χ1v) is 6.84. The summed E-state index contributed by atoms with van der Waals surface area (Å²) in [4.78, 5) is 24.1. The third kappa shape index (κ3) is 2.57. The van der Waals surface area contributed by atoms with Crippen molar-refractivity contribution in [3.8, 4) is 5.75 Å². The zero-order chi connectivity index (χ0) is 16.4. The Morgan fingerprint density at radius 1 is 0.957 bits per heavy atom. The fraction of sp³-hybridized carbons (Fsp3) is 0. The van der Waals surface area contributed by atoms with E-state index in [1.54, 1.807) is 48.5 Å². The molecule has 0 saturated carbocycles. The summed E-state index contributed by atoms with van der Waals surface area (Å²) in [5.41, 5.74) is 0.0264. The SMILES string of the molecule is O=C(c1c(O)ccc2ccccc12)N(c1ccccc1)[N+](=O)[O-]. The number of para-hydroxylation sites is 1. The van der Waals surface area contributed by atoms with Crippen LogP contribution in [0.1, 0.15) is 10.4 Å². The largest absolute Gasteiger partial charge is 0.507 e. The van der Waals surface area contributed by atoms with Crippen LogP contribution < -0.4 is 5.01 Å². The van der Waals surface area contributed by atoms with E-state index in [-0.39, 0.29) is 17.0 Å². The molecule has 0 heterocycles. The van der Waals surface area contributed by atoms with Crippen LogP contribution in [0.2, 0.25) is 0 Å². The number of nitro groups is 1. The Hall–Kier alpha value is -3.41. The maximum Gasteiger partial charge on any atom is 0.324 e. The molecule has 0 aromatic heterocycles. The van der Waals surface area contributed by atoms with E-state index in [0.29, 0.717) is 15.8 Å². The number of hydrogen-bond acceptors (Lipinski definition) is 4. The van der Waals surface area contributed by atoms with Crippen LogP contribution in [0, 0.1) is 10.1 Å². The number of amides is 1. The molecule has 0 atom stereocenters. The molecule has 0 aliphatic rings. The number of nitrogens with zero attached hydrogens (tertiary/aromatic N) is 2. The monoisotopic (exact) mass is 308 g/mol. The normalized spacial score (nSPS) is 10.4. The van der Waals surface area contributed by atoms with Gasteiger partial charge in [-0.25, -0.2) is 10.1 Å². The van der Waals surface area contributed by atoms with Crippen molar-refractivity contribution in [3.05, 3.63) is 82.4 Å². The Morgan fingerprint density at radius 2 is 1.61 bits per heavy atom. The van der Waals surface area contributed by atoms with Crippen molar-refractivity contribution < 1.29 is 14.9 Å². The molecule has 0 aliphatic heterocycles. The van der Waals surface area contributed by atoms with Crippen LogP contribution in [0.5, 0.6) is 5.75 Å². The summed E-state index contributed by atoms with van der Waals surface area (Å²) >= 11 is 0. The fourth-order valence-corrected chi connectivity index (χ4v) is 2.45. The first-order valence-electron chi connectivity index (χ1n) is 6.84. The van der Waals surface area contributed by atoms with Crippen LogP contribution in [0.15, 0.2) is 66.7 Å². The minimum atomic E-state index is -0.893. The van der Waals surface area contributed by atoms with Gasteiger partial charge in [0.1, 0.15) is 11.4 Å². The lowest BCUT2D eigenvalue weighted by atomic mass is 10.0. The van der Waals surface area contributed by atoms with E-state index in [2.05, 4.69) is 0 Å². The number of fused-ring (bicyclic) bond motifs is 1. The number of rotatable bonds is 3. The van der Waals surface area contributed by atoms with Crippen LogP contribution in [-0.2, 0) is 0 Å². The van der Waals surface area contributed by atoms with Crippen molar-refractivity contribution in [3.63, 3.8) is 0 Å². The van der Waals surface area contributed by atoms with Crippen LogP contribution >= 0.6 is 0 Å². The van der Waals surface area contributed by atoms with Crippen LogP contribution in [0.3, 0.4) is 0 Å². The molecule has 1 N–H and O–H groups in total. The molecule has 0 bridgehead atoms. The quantitative estimate of drug-likeness (QED) is 0.594. The highest BCUT2D eigenvalue weighted by molar-refractivity contribution is 6.14. The number of carbonyl (C=O) groups is 1. The lowest BCUT2D eigenvalue weighted by Gasteiger charge is -2.14. The Balaban J connectivity index is 2.19. The average Bonchev–Trinajstić information content (AvgIpc) is 2.55. The maximum absolute atomic E-state index is 12.7. The molecule has 0 aliphatic carbocycles. The van der Waals surface area contributed by atoms with Crippen LogP contribution in [0.25, 0.3) is 10.8 Å². The standard InChI is InChI=1S/C17H12N2O4/c20-15-11-10-12-6-4-5-9-14(12)16(15)17(21)18(19(22)23)13-7-2-1-3-8-13/h1-11,20H. The van der Waals surface area contributed by atoms with E-state index in [9.17, 15) is 20.0 Å². The first kappa shape index (κ1) is 14.5. The third-order valence-corrected chi connectivity index (χ3v) is 3.48. The summed E-state index contributed by atoms with van der Waals surface area (Å²) in [5.74, 6) is -1.19. The summed E-state index contributed by atoms with van der Waals surface area (Å²) < 4.78 is 0. The van der Waals surface area contributed by atoms with E-state index >= 15 is 0 Å². The maximum atomic E-state index is 12.7. The van der Waals surface area contributed by atoms with Crippen molar-refractivity contribution >= 4 is 22.4 Å². The number of hydrogen-bond donors (Lipinski definition) is 1. The number of benzene rings is 3. The number of aromatic hydroxyl groups is 1. The summed E-state index contributed by atoms with van der Waals surface area (Å²) in [6, 6.07) is 17.7. The van der Waals surface area contributed by atoms with E-state index in [1.165, 1.54) is 18.2 Å². The van der Waals surface area contributed by atoms with Gasteiger partial charge >= 0.3 is 5.91 Å². The molecule has 0 fully saturated rings. The summed E-state index contributed by atoms with van der Waals surface area (Å²) in [7, 11) is 0. The molecule has 3 aromatic carbocycles. The van der Waals surface area contributed by atoms with Crippen molar-refractivity contribution in [2.45, 2.75) is 0 Å². The van der Waals surface area contributed by atoms with Crippen molar-refractivity contribution in [1.29, 1.82) is 0 Å². The smallest absolute Gasteiger partial charge is 0.324 e. The van der Waals surface area contributed by atoms with Gasteiger partial charge in [0.25, 0.3) is 0 Å². The highest BCUT2D eigenvalue weighted by Crippen LogP contribution is 2.29. The fourth-order valence-electron chi connectivity index (χ4n) is 2.45. The van der Waals surface area contributed by atoms with Gasteiger partial charge in [0, 0.05) is 0 Å². The Bertz CT molecular complexity index is 893. The Labute approximate surface area is 131 Å². The van der Waals surface area contributed by atoms with E-state index in [0.717, 1.165) is 0 Å². The molecule has 6 heteroatoms. The molecule has 0 saturated heterocycles. The highest BCUT2D eigenvalue weighted by Gasteiger charge is 2.31. The van der Waals surface area contributed by atoms with Crippen LogP contribution in [0.4, 0.5) is 5.69 Å². The Kier molecular flexibility index (Phi) is 3.64. The van der Waals surface area contributed by atoms with Gasteiger partial charge in [-0.3, -0.25) is 4.79 Å². The molecule has 114 valence electrons. The van der Waals surface area contributed by atoms with Gasteiger partial charge < -0.3 is 5.11 Å². The lowest BCUT2D eigenvalue weighted by Crippen LogP contribution is -2.36. The number of carbonyl (C=O) groups excluding carboxylic acids is 1. The zero-order valence-corrected chi connectivity index (χ0v) is 11.9. The molecule has 0 spiro atoms. The number of hydrazine groups is 1. The summed E-state index contributed by atoms with van der Waals surface area (Å²) in [5, 5.41) is 22.3. The first-order chi connectivity index (χ1) is 11.1. The lowest BCUT2D eigenvalue weighted by molar-refractivity contribution is -0.481. The van der Waals surface area contributed by atoms with Gasteiger partial charge in [0.15, 0.2) is 5.03 Å². The van der Waals surface area contributed by atoms with Crippen molar-refractivity contribution in [2.24, 2.45) is 0 Å². The molecule has 3 rings (SSSR count). The number of phenolic OH excluding ortho intramolecular Hbond substituents is 1. The second-order valence-electron chi connectivity index (χ2n) is 4.87. The van der Waals surface area contributed by atoms with E-state index < -0.39 is 10.9 Å². The zero-order valence-electron chi connectivity index (χ0n) is 11.9. The van der Waals surface area contributed by atoms with Gasteiger partial charge in [-0.2, -0.15) is 0 Å². The minimum Gasteiger partial charge on any atom is -0.507 e. The van der Waals surface area contributed by atoms with Gasteiger partial charge in [0.2, 0.25) is 0 Å². The van der Waals surface area contributed by atoms with Crippen LogP contribution in [-0.4, -0.2) is 16.0 Å². The van der Waals surface area contributed by atoms with Gasteiger partial charge in [-0.1, -0.05) is 48.5 Å². The predicted octanol–water partition coefficient (Wildman–Crippen LogP) is 3.38. The summed E-state index contributed by atoms with van der Waals surface area (Å²) in [6.07, 6.45) is 0.